The van der Waals surface area contributed by atoms with E-state index in [1.807, 2.05) is 39.8 Å². The highest BCUT2D eigenvalue weighted by Gasteiger charge is 2.25. The Morgan fingerprint density at radius 1 is 1.44 bits per heavy atom. The first-order valence-corrected chi connectivity index (χ1v) is 6.15. The predicted molar refractivity (Wildman–Crippen MR) is 73.4 cm³/mol. The molecule has 18 heavy (non-hydrogen) atoms. The van der Waals surface area contributed by atoms with Gasteiger partial charge in [-0.2, -0.15) is 0 Å². The lowest BCUT2D eigenvalue weighted by Gasteiger charge is -2.37. The first-order valence-electron chi connectivity index (χ1n) is 6.15. The van der Waals surface area contributed by atoms with E-state index in [0.717, 1.165) is 11.3 Å². The van der Waals surface area contributed by atoms with Crippen molar-refractivity contribution in [2.24, 2.45) is 0 Å². The number of anilines is 1. The van der Waals surface area contributed by atoms with E-state index < -0.39 is 0 Å². The normalized spacial score (nSPS) is 13.5. The number of nitrogens with zero attached hydrogens (tertiary/aromatic N) is 1. The minimum Gasteiger partial charge on any atom is -0.394 e. The molecule has 4 heteroatoms. The van der Waals surface area contributed by atoms with Gasteiger partial charge in [-0.25, -0.2) is 4.39 Å². The highest BCUT2D eigenvalue weighted by Crippen LogP contribution is 2.30. The zero-order valence-corrected chi connectivity index (χ0v) is 11.8. The highest BCUT2D eigenvalue weighted by molar-refractivity contribution is 5.56. The van der Waals surface area contributed by atoms with Gasteiger partial charge in [-0.05, 0) is 51.6 Å². The van der Waals surface area contributed by atoms with E-state index in [1.165, 1.54) is 6.07 Å². The summed E-state index contributed by atoms with van der Waals surface area (Å²) in [5.41, 5.74) is 1.43. The summed E-state index contributed by atoms with van der Waals surface area (Å²) in [6.07, 6.45) is 0. The molecule has 0 aliphatic carbocycles. The zero-order chi connectivity index (χ0) is 13.9. The molecule has 0 aliphatic heterocycles. The summed E-state index contributed by atoms with van der Waals surface area (Å²) < 4.78 is 13.4. The maximum Gasteiger partial charge on any atom is 0.123 e. The number of benzene rings is 1. The van der Waals surface area contributed by atoms with Crippen molar-refractivity contribution in [2.45, 2.75) is 32.4 Å². The van der Waals surface area contributed by atoms with Crippen LogP contribution in [0.3, 0.4) is 0 Å². The van der Waals surface area contributed by atoms with Gasteiger partial charge in [0.15, 0.2) is 0 Å². The third kappa shape index (κ3) is 3.00. The Hall–Kier alpha value is -1.13. The molecule has 1 atom stereocenters. The van der Waals surface area contributed by atoms with Crippen LogP contribution in [0, 0.1) is 5.82 Å². The molecule has 0 saturated heterocycles. The van der Waals surface area contributed by atoms with E-state index in [4.69, 9.17) is 0 Å². The molecule has 0 heterocycles. The minimum absolute atomic E-state index is 0.0360. The molecule has 102 valence electrons. The number of nitrogens with one attached hydrogen (secondary N) is 1. The molecule has 0 spiro atoms. The Kier molecular flexibility index (Phi) is 4.71. The van der Waals surface area contributed by atoms with Gasteiger partial charge in [-0.1, -0.05) is 0 Å². The number of rotatable bonds is 5. The van der Waals surface area contributed by atoms with Crippen LogP contribution in [0.4, 0.5) is 10.1 Å². The number of likely N-dealkylation sites (N-methyl/N-ethyl adjacent to an activating group) is 1. The van der Waals surface area contributed by atoms with E-state index in [1.54, 1.807) is 12.1 Å². The number of aliphatic hydroxyl groups is 1. The van der Waals surface area contributed by atoms with Gasteiger partial charge in [0.05, 0.1) is 12.1 Å². The summed E-state index contributed by atoms with van der Waals surface area (Å²) >= 11 is 0. The fourth-order valence-electron chi connectivity index (χ4n) is 1.77. The van der Waals surface area contributed by atoms with Crippen molar-refractivity contribution in [1.29, 1.82) is 0 Å². The third-order valence-corrected chi connectivity index (χ3v) is 3.55. The molecule has 1 aromatic carbocycles. The quantitative estimate of drug-likeness (QED) is 0.846. The van der Waals surface area contributed by atoms with Crippen molar-refractivity contribution < 1.29 is 9.50 Å². The van der Waals surface area contributed by atoms with Crippen molar-refractivity contribution in [3.8, 4) is 0 Å². The molecule has 1 unspecified atom stereocenters. The van der Waals surface area contributed by atoms with Crippen LogP contribution >= 0.6 is 0 Å². The van der Waals surface area contributed by atoms with Crippen LogP contribution in [0.5, 0.6) is 0 Å². The van der Waals surface area contributed by atoms with Crippen LogP contribution in [0.15, 0.2) is 18.2 Å². The predicted octanol–water partition coefficient (Wildman–Crippen LogP) is 2.31. The Balaban J connectivity index is 3.23. The summed E-state index contributed by atoms with van der Waals surface area (Å²) in [6.45, 7) is 5.92. The Morgan fingerprint density at radius 3 is 2.56 bits per heavy atom. The van der Waals surface area contributed by atoms with Crippen LogP contribution < -0.4 is 10.2 Å². The Bertz CT molecular complexity index is 407. The van der Waals surface area contributed by atoms with E-state index in [0.29, 0.717) is 0 Å². The summed E-state index contributed by atoms with van der Waals surface area (Å²) in [4.78, 5) is 1.98. The van der Waals surface area contributed by atoms with Crippen molar-refractivity contribution in [1.82, 2.24) is 5.32 Å². The zero-order valence-electron chi connectivity index (χ0n) is 11.8. The molecule has 3 nitrogen and oxygen atoms in total. The fourth-order valence-corrected chi connectivity index (χ4v) is 1.77. The van der Waals surface area contributed by atoms with Gasteiger partial charge in [0.1, 0.15) is 5.82 Å². The summed E-state index contributed by atoms with van der Waals surface area (Å²) in [6, 6.07) is 4.80. The third-order valence-electron chi connectivity index (χ3n) is 3.55. The molecule has 0 radical (unpaired) electrons. The molecule has 0 saturated carbocycles. The molecule has 2 N–H and O–H groups in total. The van der Waals surface area contributed by atoms with Gasteiger partial charge in [-0.3, -0.25) is 0 Å². The van der Waals surface area contributed by atoms with Gasteiger partial charge in [0.25, 0.3) is 0 Å². The Morgan fingerprint density at radius 2 is 2.06 bits per heavy atom. The molecular weight excluding hydrogens is 231 g/mol. The maximum atomic E-state index is 13.4. The number of halogens is 1. The van der Waals surface area contributed by atoms with Gasteiger partial charge < -0.3 is 15.3 Å². The van der Waals surface area contributed by atoms with E-state index in [-0.39, 0.29) is 24.0 Å². The van der Waals surface area contributed by atoms with Gasteiger partial charge in [-0.15, -0.1) is 0 Å². The van der Waals surface area contributed by atoms with Gasteiger partial charge >= 0.3 is 0 Å². The summed E-state index contributed by atoms with van der Waals surface area (Å²) in [5.74, 6) is -0.244. The second kappa shape index (κ2) is 5.67. The lowest BCUT2D eigenvalue weighted by atomic mass is 9.99. The lowest BCUT2D eigenvalue weighted by Crippen LogP contribution is -2.45. The second-order valence-electron chi connectivity index (χ2n) is 5.24. The maximum absolute atomic E-state index is 13.4. The van der Waals surface area contributed by atoms with Crippen LogP contribution in [-0.4, -0.2) is 31.3 Å². The molecule has 1 rings (SSSR count). The largest absolute Gasteiger partial charge is 0.394 e. The van der Waals surface area contributed by atoms with Gasteiger partial charge in [0.2, 0.25) is 0 Å². The monoisotopic (exact) mass is 254 g/mol. The highest BCUT2D eigenvalue weighted by atomic mass is 19.1. The number of hydrogen-bond donors (Lipinski definition) is 2. The SMILES string of the molecule is CNC(C)c1cc(F)ccc1N(C)C(C)(C)CO. The minimum atomic E-state index is -0.389. The van der Waals surface area contributed by atoms with Crippen LogP contribution in [0.25, 0.3) is 0 Å². The first kappa shape index (κ1) is 14.9. The second-order valence-corrected chi connectivity index (χ2v) is 5.24. The van der Waals surface area contributed by atoms with Crippen LogP contribution in [0.1, 0.15) is 32.4 Å². The van der Waals surface area contributed by atoms with E-state index in [9.17, 15) is 9.50 Å². The van der Waals surface area contributed by atoms with Crippen molar-refractivity contribution in [2.75, 3.05) is 25.6 Å². The average Bonchev–Trinajstić information content (AvgIpc) is 2.36. The van der Waals surface area contributed by atoms with Crippen LogP contribution in [0.2, 0.25) is 0 Å². The molecule has 0 bridgehead atoms. The molecule has 0 fully saturated rings. The molecule has 0 aliphatic rings. The summed E-state index contributed by atoms with van der Waals surface area (Å²) in [7, 11) is 3.76. The average molecular weight is 254 g/mol. The number of aliphatic hydroxyl groups excluding tert-OH is 1. The molecule has 1 aromatic rings. The Labute approximate surface area is 109 Å². The molecule has 0 aromatic heterocycles. The van der Waals surface area contributed by atoms with Crippen molar-refractivity contribution in [3.63, 3.8) is 0 Å². The van der Waals surface area contributed by atoms with E-state index in [2.05, 4.69) is 5.32 Å². The number of hydrogen-bond acceptors (Lipinski definition) is 3. The lowest BCUT2D eigenvalue weighted by molar-refractivity contribution is 0.216. The fraction of sp³-hybridized carbons (Fsp3) is 0.571. The van der Waals surface area contributed by atoms with Crippen LogP contribution in [-0.2, 0) is 0 Å². The van der Waals surface area contributed by atoms with Crippen molar-refractivity contribution >= 4 is 5.69 Å². The van der Waals surface area contributed by atoms with E-state index >= 15 is 0 Å². The molecule has 0 amide bonds. The van der Waals surface area contributed by atoms with Crippen molar-refractivity contribution in [3.05, 3.63) is 29.6 Å². The summed E-state index contributed by atoms with van der Waals surface area (Å²) in [5, 5.41) is 12.6. The first-order chi connectivity index (χ1) is 8.33. The molecular formula is C14H23FN2O. The topological polar surface area (TPSA) is 35.5 Å². The standard InChI is InChI=1S/C14H23FN2O/c1-10(16-4)12-8-11(15)6-7-13(12)17(5)14(2,3)9-18/h6-8,10,16,18H,9H2,1-5H3. The van der Waals surface area contributed by atoms with Gasteiger partial charge in [0, 0.05) is 18.8 Å². The smallest absolute Gasteiger partial charge is 0.123 e.